The fourth-order valence-electron chi connectivity index (χ4n) is 3.08. The number of benzene rings is 1. The maximum Gasteiger partial charge on any atom is 0.417 e. The van der Waals surface area contributed by atoms with Crippen LogP contribution in [0.1, 0.15) is 27.9 Å². The second kappa shape index (κ2) is 7.74. The first-order valence-electron chi connectivity index (χ1n) is 8.41. The first-order valence-corrected chi connectivity index (χ1v) is 8.79. The molecule has 2 heterocycles. The van der Waals surface area contributed by atoms with Crippen LogP contribution in [0.5, 0.6) is 0 Å². The lowest BCUT2D eigenvalue weighted by atomic mass is 10.1. The van der Waals surface area contributed by atoms with Crippen LogP contribution in [-0.2, 0) is 12.4 Å². The lowest BCUT2D eigenvalue weighted by Crippen LogP contribution is -2.38. The number of carbonyl (C=O) groups is 1. The van der Waals surface area contributed by atoms with Gasteiger partial charge in [0.25, 0.3) is 5.91 Å². The van der Waals surface area contributed by atoms with E-state index in [1.807, 2.05) is 0 Å². The lowest BCUT2D eigenvalue weighted by Gasteiger charge is -2.20. The lowest BCUT2D eigenvalue weighted by molar-refractivity contribution is -0.138. The minimum absolute atomic E-state index is 0.118. The van der Waals surface area contributed by atoms with Crippen LogP contribution in [0.4, 0.5) is 32.2 Å². The summed E-state index contributed by atoms with van der Waals surface area (Å²) in [4.78, 5) is 17.7. The van der Waals surface area contributed by atoms with Gasteiger partial charge in [-0.1, -0.05) is 23.7 Å². The Morgan fingerprint density at radius 2 is 1.83 bits per heavy atom. The Morgan fingerprint density at radius 1 is 1.14 bits per heavy atom. The topological polar surface area (TPSA) is 45.2 Å². The van der Waals surface area contributed by atoms with Gasteiger partial charge in [0, 0.05) is 25.3 Å². The molecule has 1 aromatic carbocycles. The number of halogens is 7. The highest BCUT2D eigenvalue weighted by Crippen LogP contribution is 2.35. The van der Waals surface area contributed by atoms with E-state index in [0.717, 1.165) is 18.2 Å². The van der Waals surface area contributed by atoms with Crippen LogP contribution in [0.3, 0.4) is 0 Å². The molecule has 0 saturated carbocycles. The van der Waals surface area contributed by atoms with Crippen LogP contribution < -0.4 is 10.2 Å². The molecule has 0 bridgehead atoms. The van der Waals surface area contributed by atoms with Crippen LogP contribution in [0.25, 0.3) is 0 Å². The number of aromatic nitrogens is 1. The van der Waals surface area contributed by atoms with Gasteiger partial charge in [0.05, 0.1) is 21.7 Å². The zero-order chi connectivity index (χ0) is 21.4. The van der Waals surface area contributed by atoms with Gasteiger partial charge in [0.15, 0.2) is 0 Å². The molecule has 11 heteroatoms. The smallest absolute Gasteiger partial charge is 0.353 e. The van der Waals surface area contributed by atoms with Gasteiger partial charge in [-0.2, -0.15) is 26.3 Å². The average molecular weight is 438 g/mol. The molecule has 1 N–H and O–H groups in total. The van der Waals surface area contributed by atoms with E-state index in [1.165, 1.54) is 12.1 Å². The molecule has 1 aliphatic heterocycles. The van der Waals surface area contributed by atoms with Crippen molar-refractivity contribution in [3.8, 4) is 0 Å². The van der Waals surface area contributed by atoms with Crippen LogP contribution >= 0.6 is 11.6 Å². The molecule has 156 valence electrons. The van der Waals surface area contributed by atoms with Gasteiger partial charge in [-0.05, 0) is 24.6 Å². The predicted molar refractivity (Wildman–Crippen MR) is 93.8 cm³/mol. The van der Waals surface area contributed by atoms with Crippen LogP contribution in [0.2, 0.25) is 5.02 Å². The maximum atomic E-state index is 13.1. The summed E-state index contributed by atoms with van der Waals surface area (Å²) >= 11 is 5.92. The van der Waals surface area contributed by atoms with E-state index >= 15 is 0 Å². The molecule has 0 aliphatic carbocycles. The molecule has 4 nitrogen and oxygen atoms in total. The van der Waals surface area contributed by atoms with Gasteiger partial charge < -0.3 is 10.2 Å². The molecule has 1 atom stereocenters. The number of anilines is 1. The minimum Gasteiger partial charge on any atom is -0.353 e. The Hall–Kier alpha value is -2.49. The summed E-state index contributed by atoms with van der Waals surface area (Å²) in [5.41, 5.74) is -2.53. The van der Waals surface area contributed by atoms with Gasteiger partial charge in [-0.3, -0.25) is 4.79 Å². The Balaban J connectivity index is 1.71. The second-order valence-electron chi connectivity index (χ2n) is 6.48. The highest BCUT2D eigenvalue weighted by Gasteiger charge is 2.36. The molecule has 29 heavy (non-hydrogen) atoms. The van der Waals surface area contributed by atoms with Gasteiger partial charge in [-0.15, -0.1) is 0 Å². The van der Waals surface area contributed by atoms with Crippen molar-refractivity contribution >= 4 is 23.3 Å². The summed E-state index contributed by atoms with van der Waals surface area (Å²) in [6.45, 7) is 0.474. The van der Waals surface area contributed by atoms with Crippen molar-refractivity contribution < 1.29 is 31.1 Å². The molecule has 1 fully saturated rings. The van der Waals surface area contributed by atoms with E-state index in [4.69, 9.17) is 11.6 Å². The van der Waals surface area contributed by atoms with E-state index < -0.39 is 41.0 Å². The monoisotopic (exact) mass is 437 g/mol. The predicted octanol–water partition coefficient (Wildman–Crippen LogP) is 4.78. The summed E-state index contributed by atoms with van der Waals surface area (Å²) in [6, 6.07) is 4.67. The van der Waals surface area contributed by atoms with Crippen LogP contribution in [0, 0.1) is 0 Å². The van der Waals surface area contributed by atoms with Crippen LogP contribution in [-0.4, -0.2) is 30.0 Å². The van der Waals surface area contributed by atoms with E-state index in [1.54, 1.807) is 4.90 Å². The summed E-state index contributed by atoms with van der Waals surface area (Å²) < 4.78 is 77.4. The van der Waals surface area contributed by atoms with Gasteiger partial charge in [-0.25, -0.2) is 4.98 Å². The SMILES string of the molecule is O=C(NC1CCN(c2ncc(C(F)(F)F)cc2Cl)C1)c1ccccc1C(F)(F)F. The zero-order valence-electron chi connectivity index (χ0n) is 14.6. The Bertz CT molecular complexity index is 915. The molecule has 1 saturated heterocycles. The summed E-state index contributed by atoms with van der Waals surface area (Å²) in [5.74, 6) is -0.761. The van der Waals surface area contributed by atoms with Gasteiger partial charge >= 0.3 is 12.4 Å². The number of hydrogen-bond donors (Lipinski definition) is 1. The number of nitrogens with zero attached hydrogens (tertiary/aromatic N) is 2. The fourth-order valence-corrected chi connectivity index (χ4v) is 3.37. The first-order chi connectivity index (χ1) is 13.5. The van der Waals surface area contributed by atoms with Crippen LogP contribution in [0.15, 0.2) is 36.5 Å². The third-order valence-corrected chi connectivity index (χ3v) is 4.73. The molecule has 0 spiro atoms. The molecule has 1 aromatic heterocycles. The third-order valence-electron chi connectivity index (χ3n) is 4.45. The van der Waals surface area contributed by atoms with Gasteiger partial charge in [0.2, 0.25) is 0 Å². The Kier molecular flexibility index (Phi) is 5.66. The fraction of sp³-hybridized carbons (Fsp3) is 0.333. The molecular weight excluding hydrogens is 424 g/mol. The van der Waals surface area contributed by atoms with Crippen molar-refractivity contribution in [2.24, 2.45) is 0 Å². The second-order valence-corrected chi connectivity index (χ2v) is 6.88. The van der Waals surface area contributed by atoms with E-state index in [2.05, 4.69) is 10.3 Å². The largest absolute Gasteiger partial charge is 0.417 e. The zero-order valence-corrected chi connectivity index (χ0v) is 15.4. The number of hydrogen-bond acceptors (Lipinski definition) is 3. The molecular formula is C18H14ClF6N3O. The van der Waals surface area contributed by atoms with Crippen molar-refractivity contribution in [3.63, 3.8) is 0 Å². The first kappa shape index (κ1) is 21.2. The van der Waals surface area contributed by atoms with E-state index in [9.17, 15) is 31.1 Å². The summed E-state index contributed by atoms with van der Waals surface area (Å²) in [5, 5.41) is 2.33. The molecule has 3 rings (SSSR count). The molecule has 1 aliphatic rings. The Morgan fingerprint density at radius 3 is 2.45 bits per heavy atom. The summed E-state index contributed by atoms with van der Waals surface area (Å²) in [6.07, 6.45) is -8.22. The normalized spacial score (nSPS) is 17.5. The minimum atomic E-state index is -4.67. The van der Waals surface area contributed by atoms with Crippen molar-refractivity contribution in [2.75, 3.05) is 18.0 Å². The van der Waals surface area contributed by atoms with Crippen molar-refractivity contribution in [1.29, 1.82) is 0 Å². The number of carbonyl (C=O) groups excluding carboxylic acids is 1. The maximum absolute atomic E-state index is 13.1. The van der Waals surface area contributed by atoms with Gasteiger partial charge in [0.1, 0.15) is 5.82 Å². The quantitative estimate of drug-likeness (QED) is 0.703. The number of amides is 1. The third kappa shape index (κ3) is 4.75. The summed E-state index contributed by atoms with van der Waals surface area (Å²) in [7, 11) is 0. The van der Waals surface area contributed by atoms with E-state index in [-0.39, 0.29) is 17.4 Å². The molecule has 2 aromatic rings. The highest BCUT2D eigenvalue weighted by atomic mass is 35.5. The molecule has 1 amide bonds. The van der Waals surface area contributed by atoms with E-state index in [0.29, 0.717) is 19.2 Å². The van der Waals surface area contributed by atoms with Crippen molar-refractivity contribution in [3.05, 3.63) is 58.2 Å². The standard InChI is InChI=1S/C18H14ClF6N3O/c19-14-7-10(17(20,21)22)8-26-15(14)28-6-5-11(9-28)27-16(29)12-3-1-2-4-13(12)18(23,24)25/h1-4,7-8,11H,5-6,9H2,(H,27,29). The van der Waals surface area contributed by atoms with Crippen molar-refractivity contribution in [1.82, 2.24) is 10.3 Å². The highest BCUT2D eigenvalue weighted by molar-refractivity contribution is 6.33. The number of nitrogens with one attached hydrogen (secondary N) is 1. The Labute approximate surface area is 166 Å². The molecule has 1 unspecified atom stereocenters. The number of rotatable bonds is 3. The molecule has 0 radical (unpaired) electrons. The number of alkyl halides is 6. The van der Waals surface area contributed by atoms with Crippen molar-refractivity contribution in [2.45, 2.75) is 24.8 Å². The number of pyridine rings is 1. The average Bonchev–Trinajstić information content (AvgIpc) is 3.08.